The van der Waals surface area contributed by atoms with Gasteiger partial charge in [0, 0.05) is 17.1 Å². The molecule has 0 amide bonds. The van der Waals surface area contributed by atoms with Crippen LogP contribution in [-0.2, 0) is 21.9 Å². The molecule has 3 nitrogen and oxygen atoms in total. The van der Waals surface area contributed by atoms with Crippen LogP contribution in [0.3, 0.4) is 0 Å². The van der Waals surface area contributed by atoms with Gasteiger partial charge in [0.2, 0.25) is 0 Å². The quantitative estimate of drug-likeness (QED) is 0.700. The van der Waals surface area contributed by atoms with Crippen molar-refractivity contribution >= 4 is 5.97 Å². The van der Waals surface area contributed by atoms with Crippen molar-refractivity contribution in [1.82, 2.24) is 0 Å². The summed E-state index contributed by atoms with van der Waals surface area (Å²) in [5.41, 5.74) is 4.84. The van der Waals surface area contributed by atoms with E-state index in [1.54, 1.807) is 0 Å². The average Bonchev–Trinajstić information content (AvgIpc) is 2.08. The minimum absolute atomic E-state index is 0. The summed E-state index contributed by atoms with van der Waals surface area (Å²) in [6.45, 7) is 1.42. The van der Waals surface area contributed by atoms with Gasteiger partial charge in [0.15, 0.2) is 0 Å². The van der Waals surface area contributed by atoms with E-state index in [1.165, 1.54) is 6.92 Å². The molecule has 0 fully saturated rings. The number of rotatable bonds is 1. The van der Waals surface area contributed by atoms with Crippen LogP contribution in [0.1, 0.15) is 6.92 Å². The van der Waals surface area contributed by atoms with Gasteiger partial charge < -0.3 is 10.8 Å². The number of hydrogen-bond acceptors (Lipinski definition) is 2. The number of benzene rings is 1. The molecule has 3 N–H and O–H groups in total. The van der Waals surface area contributed by atoms with Crippen molar-refractivity contribution in [2.24, 2.45) is 5.73 Å². The van der Waals surface area contributed by atoms with Crippen LogP contribution in [0.5, 0.6) is 0 Å². The van der Waals surface area contributed by atoms with E-state index < -0.39 is 12.0 Å². The van der Waals surface area contributed by atoms with E-state index in [1.807, 2.05) is 36.4 Å². The van der Waals surface area contributed by atoms with Crippen molar-refractivity contribution in [1.29, 1.82) is 0 Å². The molecule has 1 aromatic carbocycles. The van der Waals surface area contributed by atoms with Crippen molar-refractivity contribution in [3.63, 3.8) is 0 Å². The van der Waals surface area contributed by atoms with Gasteiger partial charge in [-0.2, -0.15) is 0 Å². The topological polar surface area (TPSA) is 63.3 Å². The number of carboxylic acid groups (broad SMARTS) is 1. The maximum atomic E-state index is 9.57. The van der Waals surface area contributed by atoms with Gasteiger partial charge in [0.1, 0.15) is 6.04 Å². The Morgan fingerprint density at radius 3 is 1.38 bits per heavy atom. The number of nitrogens with two attached hydrogens (primary N) is 1. The molecule has 1 rings (SSSR count). The minimum atomic E-state index is -0.963. The zero-order valence-electron chi connectivity index (χ0n) is 7.33. The molecule has 1 atom stereocenters. The minimum Gasteiger partial charge on any atom is -0.480 e. The van der Waals surface area contributed by atoms with Crippen LogP contribution in [0, 0.1) is 0 Å². The molecule has 0 heterocycles. The van der Waals surface area contributed by atoms with Crippen molar-refractivity contribution in [3.05, 3.63) is 36.4 Å². The van der Waals surface area contributed by atoms with Crippen molar-refractivity contribution < 1.29 is 27.0 Å². The molecule has 0 bridgehead atoms. The van der Waals surface area contributed by atoms with Crippen LogP contribution in [0.2, 0.25) is 0 Å². The van der Waals surface area contributed by atoms with Crippen LogP contribution >= 0.6 is 0 Å². The Kier molecular flexibility index (Phi) is 10.5. The summed E-state index contributed by atoms with van der Waals surface area (Å²) < 4.78 is 0. The predicted octanol–water partition coefficient (Wildman–Crippen LogP) is 1.10. The molecule has 4 heteroatoms. The largest absolute Gasteiger partial charge is 0.480 e. The fourth-order valence-corrected chi connectivity index (χ4v) is 0.385. The second kappa shape index (κ2) is 9.26. The number of hydrogen-bond donors (Lipinski definition) is 2. The summed E-state index contributed by atoms with van der Waals surface area (Å²) in [4.78, 5) is 9.57. The molecular weight excluding hydrogens is 210 g/mol. The van der Waals surface area contributed by atoms with Gasteiger partial charge in [-0.25, -0.2) is 0 Å². The average molecular weight is 223 g/mol. The first-order chi connectivity index (χ1) is 5.64. The summed E-state index contributed by atoms with van der Waals surface area (Å²) in [5.74, 6) is -0.963. The van der Waals surface area contributed by atoms with Crippen LogP contribution in [0.4, 0.5) is 0 Å². The van der Waals surface area contributed by atoms with Gasteiger partial charge in [-0.15, -0.1) is 0 Å². The standard InChI is InChI=1S/C6H6.C3H7NO2.Fe/c1-2-4-6-5-3-1;1-2(4)3(5)6;/h1-6H;2H,4H2,1H3,(H,5,6);. The van der Waals surface area contributed by atoms with Crippen molar-refractivity contribution in [2.75, 3.05) is 0 Å². The molecule has 0 radical (unpaired) electrons. The third kappa shape index (κ3) is 11.2. The monoisotopic (exact) mass is 223 g/mol. The SMILES string of the molecule is CC(N)C(=O)O.[Fe].c1ccccc1. The Hall–Kier alpha value is -0.831. The van der Waals surface area contributed by atoms with E-state index in [-0.39, 0.29) is 17.1 Å². The number of carboxylic acids is 1. The summed E-state index contributed by atoms with van der Waals surface area (Å²) >= 11 is 0. The van der Waals surface area contributed by atoms with Gasteiger partial charge in [-0.05, 0) is 6.92 Å². The van der Waals surface area contributed by atoms with Gasteiger partial charge >= 0.3 is 5.97 Å². The van der Waals surface area contributed by atoms with Gasteiger partial charge in [0.05, 0.1) is 0 Å². The third-order valence-corrected chi connectivity index (χ3v) is 1.06. The molecule has 0 aliphatic rings. The molecule has 1 aromatic rings. The van der Waals surface area contributed by atoms with Crippen molar-refractivity contribution in [2.45, 2.75) is 13.0 Å². The maximum Gasteiger partial charge on any atom is 0.320 e. The Morgan fingerprint density at radius 2 is 1.31 bits per heavy atom. The first-order valence-corrected chi connectivity index (χ1v) is 3.63. The van der Waals surface area contributed by atoms with E-state index in [0.717, 1.165) is 0 Å². The Bertz CT molecular complexity index is 187. The molecule has 13 heavy (non-hydrogen) atoms. The van der Waals surface area contributed by atoms with Crippen LogP contribution in [-0.4, -0.2) is 17.1 Å². The smallest absolute Gasteiger partial charge is 0.320 e. The summed E-state index contributed by atoms with van der Waals surface area (Å²) in [6.07, 6.45) is 0. The van der Waals surface area contributed by atoms with Crippen LogP contribution in [0.25, 0.3) is 0 Å². The summed E-state index contributed by atoms with van der Waals surface area (Å²) in [7, 11) is 0. The Balaban J connectivity index is 0. The third-order valence-electron chi connectivity index (χ3n) is 1.06. The molecule has 0 aromatic heterocycles. The van der Waals surface area contributed by atoms with E-state index in [2.05, 4.69) is 0 Å². The molecule has 0 aliphatic carbocycles. The predicted molar refractivity (Wildman–Crippen MR) is 47.7 cm³/mol. The van der Waals surface area contributed by atoms with Gasteiger partial charge in [-0.3, -0.25) is 4.79 Å². The zero-order chi connectivity index (χ0) is 9.40. The van der Waals surface area contributed by atoms with E-state index >= 15 is 0 Å². The molecule has 0 saturated carbocycles. The first-order valence-electron chi connectivity index (χ1n) is 3.63. The summed E-state index contributed by atoms with van der Waals surface area (Å²) in [5, 5.41) is 7.87. The van der Waals surface area contributed by atoms with Crippen LogP contribution in [0.15, 0.2) is 36.4 Å². The molecule has 0 spiro atoms. The second-order valence-electron chi connectivity index (χ2n) is 2.28. The zero-order valence-corrected chi connectivity index (χ0v) is 8.43. The molecular formula is C9H13FeNO2. The molecule has 1 unspecified atom stereocenters. The molecule has 0 aliphatic heterocycles. The summed E-state index contributed by atoms with van der Waals surface area (Å²) in [6, 6.07) is 11.3. The Morgan fingerprint density at radius 1 is 1.15 bits per heavy atom. The van der Waals surface area contributed by atoms with Crippen molar-refractivity contribution in [3.8, 4) is 0 Å². The normalized spacial score (nSPS) is 10.0. The Labute approximate surface area is 88.4 Å². The fraction of sp³-hybridized carbons (Fsp3) is 0.222. The van der Waals surface area contributed by atoms with E-state index in [4.69, 9.17) is 10.8 Å². The van der Waals surface area contributed by atoms with E-state index in [9.17, 15) is 4.79 Å². The number of aliphatic carboxylic acids is 1. The maximum absolute atomic E-state index is 9.57. The number of carbonyl (C=O) groups is 1. The molecule has 74 valence electrons. The fourth-order valence-electron chi connectivity index (χ4n) is 0.385. The van der Waals surface area contributed by atoms with Gasteiger partial charge in [0.25, 0.3) is 0 Å². The van der Waals surface area contributed by atoms with E-state index in [0.29, 0.717) is 0 Å². The molecule has 0 saturated heterocycles. The van der Waals surface area contributed by atoms with Crippen LogP contribution < -0.4 is 5.73 Å². The first kappa shape index (κ1) is 14.7. The van der Waals surface area contributed by atoms with Gasteiger partial charge in [-0.1, -0.05) is 36.4 Å². The second-order valence-corrected chi connectivity index (χ2v) is 2.28.